The maximum atomic E-state index is 5.25. The van der Waals surface area contributed by atoms with Crippen LogP contribution < -0.4 is 15.0 Å². The predicted molar refractivity (Wildman–Crippen MR) is 69.4 cm³/mol. The van der Waals surface area contributed by atoms with Crippen LogP contribution in [-0.2, 0) is 0 Å². The summed E-state index contributed by atoms with van der Waals surface area (Å²) in [5, 5.41) is 3.18. The third kappa shape index (κ3) is 3.74. The van der Waals surface area contributed by atoms with Crippen LogP contribution in [0.15, 0.2) is 24.3 Å². The van der Waals surface area contributed by atoms with Gasteiger partial charge in [0, 0.05) is 31.4 Å². The van der Waals surface area contributed by atoms with Gasteiger partial charge in [0.25, 0.3) is 0 Å². The zero-order valence-corrected chi connectivity index (χ0v) is 10.5. The maximum absolute atomic E-state index is 5.25. The summed E-state index contributed by atoms with van der Waals surface area (Å²) in [5.74, 6) is 0.920. The Morgan fingerprint density at radius 3 is 2.75 bits per heavy atom. The van der Waals surface area contributed by atoms with Gasteiger partial charge in [-0.15, -0.1) is 0 Å². The first-order chi connectivity index (χ1) is 7.81. The van der Waals surface area contributed by atoms with Gasteiger partial charge in [0.1, 0.15) is 5.75 Å². The molecule has 0 saturated heterocycles. The highest BCUT2D eigenvalue weighted by Crippen LogP contribution is 2.20. The van der Waals surface area contributed by atoms with Crippen molar-refractivity contribution >= 4 is 5.69 Å². The van der Waals surface area contributed by atoms with Gasteiger partial charge in [0.15, 0.2) is 0 Å². The number of anilines is 1. The molecule has 0 saturated carbocycles. The van der Waals surface area contributed by atoms with Crippen molar-refractivity contribution in [2.45, 2.75) is 13.3 Å². The van der Waals surface area contributed by atoms with Crippen LogP contribution >= 0.6 is 0 Å². The first-order valence-electron chi connectivity index (χ1n) is 5.85. The van der Waals surface area contributed by atoms with E-state index in [1.165, 1.54) is 5.69 Å². The van der Waals surface area contributed by atoms with Crippen molar-refractivity contribution in [2.75, 3.05) is 38.7 Å². The minimum atomic E-state index is 0.920. The summed E-state index contributed by atoms with van der Waals surface area (Å²) in [6.45, 7) is 5.30. The molecule has 0 fully saturated rings. The van der Waals surface area contributed by atoms with Crippen LogP contribution in [0.1, 0.15) is 13.3 Å². The third-order valence-electron chi connectivity index (χ3n) is 2.54. The molecular formula is C13H22N2O. The third-order valence-corrected chi connectivity index (χ3v) is 2.54. The quantitative estimate of drug-likeness (QED) is 0.765. The zero-order chi connectivity index (χ0) is 11.8. The zero-order valence-electron chi connectivity index (χ0n) is 10.5. The van der Waals surface area contributed by atoms with E-state index in [2.05, 4.69) is 29.3 Å². The molecule has 0 unspecified atom stereocenters. The molecule has 0 heterocycles. The summed E-state index contributed by atoms with van der Waals surface area (Å²) in [7, 11) is 3.69. The lowest BCUT2D eigenvalue weighted by Crippen LogP contribution is -2.31. The second kappa shape index (κ2) is 7.12. The SMILES string of the molecule is CCCN(CCNC)c1cccc(OC)c1. The predicted octanol–water partition coefficient (Wildman–Crippen LogP) is 2.13. The molecule has 16 heavy (non-hydrogen) atoms. The minimum Gasteiger partial charge on any atom is -0.497 e. The molecular weight excluding hydrogens is 200 g/mol. The molecule has 1 aromatic rings. The first-order valence-corrected chi connectivity index (χ1v) is 5.85. The fraction of sp³-hybridized carbons (Fsp3) is 0.538. The van der Waals surface area contributed by atoms with E-state index in [1.54, 1.807) is 7.11 Å². The molecule has 0 bridgehead atoms. The number of methoxy groups -OCH3 is 1. The Bertz CT molecular complexity index is 302. The number of nitrogens with zero attached hydrogens (tertiary/aromatic N) is 1. The first kappa shape index (κ1) is 12.8. The largest absolute Gasteiger partial charge is 0.497 e. The van der Waals surface area contributed by atoms with Crippen LogP contribution in [0, 0.1) is 0 Å². The monoisotopic (exact) mass is 222 g/mol. The van der Waals surface area contributed by atoms with Crippen LogP contribution in [0.2, 0.25) is 0 Å². The van der Waals surface area contributed by atoms with E-state index in [9.17, 15) is 0 Å². The number of benzene rings is 1. The maximum Gasteiger partial charge on any atom is 0.120 e. The van der Waals surface area contributed by atoms with E-state index in [0.29, 0.717) is 0 Å². The fourth-order valence-electron chi connectivity index (χ4n) is 1.69. The van der Waals surface area contributed by atoms with Gasteiger partial charge in [0.05, 0.1) is 7.11 Å². The van der Waals surface area contributed by atoms with E-state index >= 15 is 0 Å². The van der Waals surface area contributed by atoms with Crippen molar-refractivity contribution in [2.24, 2.45) is 0 Å². The number of rotatable bonds is 7. The van der Waals surface area contributed by atoms with Crippen molar-refractivity contribution in [1.82, 2.24) is 5.32 Å². The van der Waals surface area contributed by atoms with Crippen LogP contribution in [0.5, 0.6) is 5.75 Å². The highest BCUT2D eigenvalue weighted by molar-refractivity contribution is 5.50. The summed E-state index contributed by atoms with van der Waals surface area (Å²) in [6.07, 6.45) is 1.15. The summed E-state index contributed by atoms with van der Waals surface area (Å²) in [6, 6.07) is 8.24. The molecule has 3 heteroatoms. The Labute approximate surface area is 98.4 Å². The summed E-state index contributed by atoms with van der Waals surface area (Å²) < 4.78 is 5.25. The highest BCUT2D eigenvalue weighted by Gasteiger charge is 2.05. The second-order valence-electron chi connectivity index (χ2n) is 3.79. The van der Waals surface area contributed by atoms with E-state index in [-0.39, 0.29) is 0 Å². The number of hydrogen-bond acceptors (Lipinski definition) is 3. The molecule has 3 nitrogen and oxygen atoms in total. The van der Waals surface area contributed by atoms with Gasteiger partial charge in [-0.3, -0.25) is 0 Å². The number of nitrogens with one attached hydrogen (secondary N) is 1. The Morgan fingerprint density at radius 2 is 2.12 bits per heavy atom. The molecule has 90 valence electrons. The van der Waals surface area contributed by atoms with E-state index in [0.717, 1.165) is 31.8 Å². The Kier molecular flexibility index (Phi) is 5.72. The number of hydrogen-bond donors (Lipinski definition) is 1. The van der Waals surface area contributed by atoms with Crippen molar-refractivity contribution in [3.05, 3.63) is 24.3 Å². The van der Waals surface area contributed by atoms with Crippen LogP contribution in [-0.4, -0.2) is 33.8 Å². The molecule has 0 radical (unpaired) electrons. The van der Waals surface area contributed by atoms with Crippen molar-refractivity contribution in [1.29, 1.82) is 0 Å². The van der Waals surface area contributed by atoms with Crippen LogP contribution in [0.25, 0.3) is 0 Å². The van der Waals surface area contributed by atoms with Gasteiger partial charge >= 0.3 is 0 Å². The Hall–Kier alpha value is -1.22. The average Bonchev–Trinajstić information content (AvgIpc) is 2.34. The van der Waals surface area contributed by atoms with Gasteiger partial charge in [-0.05, 0) is 25.6 Å². The molecule has 0 aliphatic heterocycles. The Morgan fingerprint density at radius 1 is 1.31 bits per heavy atom. The van der Waals surface area contributed by atoms with Gasteiger partial charge in [-0.2, -0.15) is 0 Å². The molecule has 1 rings (SSSR count). The Balaban J connectivity index is 2.73. The molecule has 0 aliphatic carbocycles. The molecule has 1 aromatic carbocycles. The molecule has 1 N–H and O–H groups in total. The van der Waals surface area contributed by atoms with Gasteiger partial charge in [0.2, 0.25) is 0 Å². The smallest absolute Gasteiger partial charge is 0.120 e. The van der Waals surface area contributed by atoms with E-state index in [4.69, 9.17) is 4.74 Å². The van der Waals surface area contributed by atoms with Crippen LogP contribution in [0.3, 0.4) is 0 Å². The topological polar surface area (TPSA) is 24.5 Å². The second-order valence-corrected chi connectivity index (χ2v) is 3.79. The van der Waals surface area contributed by atoms with Crippen molar-refractivity contribution < 1.29 is 4.74 Å². The lowest BCUT2D eigenvalue weighted by molar-refractivity contribution is 0.414. The normalized spacial score (nSPS) is 10.2. The number of likely N-dealkylation sites (N-methyl/N-ethyl adjacent to an activating group) is 1. The van der Waals surface area contributed by atoms with Gasteiger partial charge in [-0.25, -0.2) is 0 Å². The van der Waals surface area contributed by atoms with Gasteiger partial charge in [-0.1, -0.05) is 13.0 Å². The van der Waals surface area contributed by atoms with Crippen molar-refractivity contribution in [3.8, 4) is 5.75 Å². The standard InChI is InChI=1S/C13H22N2O/c1-4-9-15(10-8-14-2)12-6-5-7-13(11-12)16-3/h5-7,11,14H,4,8-10H2,1-3H3. The minimum absolute atomic E-state index is 0.920. The summed E-state index contributed by atoms with van der Waals surface area (Å²) in [5.41, 5.74) is 1.23. The van der Waals surface area contributed by atoms with E-state index < -0.39 is 0 Å². The highest BCUT2D eigenvalue weighted by atomic mass is 16.5. The van der Waals surface area contributed by atoms with E-state index in [1.807, 2.05) is 19.2 Å². The number of ether oxygens (including phenoxy) is 1. The molecule has 0 aromatic heterocycles. The molecule has 0 spiro atoms. The van der Waals surface area contributed by atoms with Crippen LogP contribution in [0.4, 0.5) is 5.69 Å². The van der Waals surface area contributed by atoms with Crippen molar-refractivity contribution in [3.63, 3.8) is 0 Å². The summed E-state index contributed by atoms with van der Waals surface area (Å²) >= 11 is 0. The lowest BCUT2D eigenvalue weighted by atomic mass is 10.2. The van der Waals surface area contributed by atoms with Gasteiger partial charge < -0.3 is 15.0 Å². The fourth-order valence-corrected chi connectivity index (χ4v) is 1.69. The average molecular weight is 222 g/mol. The molecule has 0 atom stereocenters. The molecule has 0 aliphatic rings. The lowest BCUT2D eigenvalue weighted by Gasteiger charge is -2.24. The summed E-state index contributed by atoms with van der Waals surface area (Å²) in [4.78, 5) is 2.37. The molecule has 0 amide bonds.